The highest BCUT2D eigenvalue weighted by molar-refractivity contribution is 5.88. The lowest BCUT2D eigenvalue weighted by Gasteiger charge is -2.46. The molecule has 1 aliphatic heterocycles. The van der Waals surface area contributed by atoms with Gasteiger partial charge < -0.3 is 20.5 Å². The number of nitrogens with one attached hydrogen (secondary N) is 3. The number of amides is 2. The summed E-state index contributed by atoms with van der Waals surface area (Å²) in [5.41, 5.74) is 3.42. The van der Waals surface area contributed by atoms with Crippen molar-refractivity contribution >= 4 is 22.7 Å². The summed E-state index contributed by atoms with van der Waals surface area (Å²) < 4.78 is 0. The summed E-state index contributed by atoms with van der Waals surface area (Å²) in [7, 11) is 0. The van der Waals surface area contributed by atoms with Crippen LogP contribution in [0.4, 0.5) is 0 Å². The van der Waals surface area contributed by atoms with Crippen LogP contribution in [0.1, 0.15) is 30.0 Å². The van der Waals surface area contributed by atoms with Crippen molar-refractivity contribution in [3.8, 4) is 0 Å². The van der Waals surface area contributed by atoms with Crippen LogP contribution in [-0.4, -0.2) is 40.8 Å². The van der Waals surface area contributed by atoms with E-state index in [0.29, 0.717) is 26.1 Å². The third-order valence-electron chi connectivity index (χ3n) is 7.22. The molecule has 2 atom stereocenters. The van der Waals surface area contributed by atoms with Crippen molar-refractivity contribution in [3.63, 3.8) is 0 Å². The number of nitrogens with zero attached hydrogens (tertiary/aromatic N) is 1. The SMILES string of the molecule is CC(CC(=O)NCc1ccccc1)(c1ccccc1)N1CCN[C@H](Cc2c[nH]c3ccccc23)C1=O. The molecule has 3 aromatic carbocycles. The van der Waals surface area contributed by atoms with Gasteiger partial charge in [0.1, 0.15) is 0 Å². The molecule has 5 rings (SSSR count). The number of aromatic amines is 1. The Morgan fingerprint density at radius 1 is 1.00 bits per heavy atom. The van der Waals surface area contributed by atoms with E-state index in [1.165, 1.54) is 0 Å². The molecule has 6 nitrogen and oxygen atoms in total. The maximum Gasteiger partial charge on any atom is 0.240 e. The van der Waals surface area contributed by atoms with Crippen LogP contribution in [0.15, 0.2) is 91.1 Å². The predicted octanol–water partition coefficient (Wildman–Crippen LogP) is 4.13. The Bertz CT molecular complexity index is 1330. The van der Waals surface area contributed by atoms with Gasteiger partial charge in [0, 0.05) is 36.7 Å². The zero-order valence-corrected chi connectivity index (χ0v) is 20.5. The van der Waals surface area contributed by atoms with Crippen molar-refractivity contribution in [1.82, 2.24) is 20.5 Å². The lowest BCUT2D eigenvalue weighted by Crippen LogP contribution is -2.62. The molecule has 0 bridgehead atoms. The Morgan fingerprint density at radius 3 is 2.47 bits per heavy atom. The van der Waals surface area contributed by atoms with Crippen LogP contribution in [0.2, 0.25) is 0 Å². The van der Waals surface area contributed by atoms with Gasteiger partial charge in [0.15, 0.2) is 0 Å². The minimum atomic E-state index is -0.764. The Balaban J connectivity index is 1.37. The molecular formula is C30H32N4O2. The summed E-state index contributed by atoms with van der Waals surface area (Å²) in [6.07, 6.45) is 2.77. The van der Waals surface area contributed by atoms with E-state index in [2.05, 4.69) is 21.7 Å². The number of aromatic nitrogens is 1. The topological polar surface area (TPSA) is 77.2 Å². The van der Waals surface area contributed by atoms with E-state index < -0.39 is 5.54 Å². The van der Waals surface area contributed by atoms with Crippen molar-refractivity contribution < 1.29 is 9.59 Å². The molecule has 4 aromatic rings. The fourth-order valence-electron chi connectivity index (χ4n) is 5.23. The first-order valence-electron chi connectivity index (χ1n) is 12.5. The first kappa shape index (κ1) is 23.8. The van der Waals surface area contributed by atoms with E-state index in [-0.39, 0.29) is 24.3 Å². The molecule has 6 heteroatoms. The van der Waals surface area contributed by atoms with Crippen molar-refractivity contribution in [2.24, 2.45) is 0 Å². The summed E-state index contributed by atoms with van der Waals surface area (Å²) in [4.78, 5) is 32.3. The second-order valence-corrected chi connectivity index (χ2v) is 9.64. The van der Waals surface area contributed by atoms with Gasteiger partial charge >= 0.3 is 0 Å². The van der Waals surface area contributed by atoms with Crippen LogP contribution >= 0.6 is 0 Å². The number of rotatable bonds is 8. The average molecular weight is 481 g/mol. The van der Waals surface area contributed by atoms with Gasteiger partial charge in [-0.1, -0.05) is 78.9 Å². The van der Waals surface area contributed by atoms with Crippen LogP contribution in [-0.2, 0) is 28.1 Å². The molecule has 1 unspecified atom stereocenters. The van der Waals surface area contributed by atoms with E-state index in [4.69, 9.17) is 0 Å². The fourth-order valence-corrected chi connectivity index (χ4v) is 5.23. The van der Waals surface area contributed by atoms with Gasteiger partial charge in [0.2, 0.25) is 11.8 Å². The number of carbonyl (C=O) groups excluding carboxylic acids is 2. The second kappa shape index (κ2) is 10.4. The zero-order valence-electron chi connectivity index (χ0n) is 20.5. The summed E-state index contributed by atoms with van der Waals surface area (Å²) in [5, 5.41) is 7.60. The van der Waals surface area contributed by atoms with Crippen molar-refractivity contribution in [3.05, 3.63) is 108 Å². The molecule has 36 heavy (non-hydrogen) atoms. The monoisotopic (exact) mass is 480 g/mol. The maximum absolute atomic E-state index is 13.9. The molecule has 2 heterocycles. The normalized spacial score (nSPS) is 17.6. The maximum atomic E-state index is 13.9. The molecule has 1 aliphatic rings. The van der Waals surface area contributed by atoms with Crippen molar-refractivity contribution in [2.45, 2.75) is 37.9 Å². The first-order chi connectivity index (χ1) is 17.5. The quantitative estimate of drug-likeness (QED) is 0.355. The molecule has 1 fully saturated rings. The van der Waals surface area contributed by atoms with Crippen molar-refractivity contribution in [2.75, 3.05) is 13.1 Å². The molecule has 2 amide bonds. The molecule has 0 spiro atoms. The van der Waals surface area contributed by atoms with E-state index in [1.54, 1.807) is 0 Å². The molecule has 3 N–H and O–H groups in total. The first-order valence-corrected chi connectivity index (χ1v) is 12.5. The number of piperazine rings is 1. The van der Waals surface area contributed by atoms with Gasteiger partial charge in [-0.3, -0.25) is 9.59 Å². The fraction of sp³-hybridized carbons (Fsp3) is 0.267. The molecule has 184 valence electrons. The lowest BCUT2D eigenvalue weighted by atomic mass is 9.84. The number of carbonyl (C=O) groups is 2. The highest BCUT2D eigenvalue weighted by atomic mass is 16.2. The van der Waals surface area contributed by atoms with E-state index in [9.17, 15) is 9.59 Å². The number of fused-ring (bicyclic) bond motifs is 1. The standard InChI is InChI=1S/C30H32N4O2/c1-30(24-12-6-3-7-13-24,19-28(35)33-20-22-10-4-2-5-11-22)34-17-16-31-27(29(34)36)18-23-21-32-26-15-9-8-14-25(23)26/h2-15,21,27,31-32H,16-20H2,1H3,(H,33,35)/t27-,30?/m1/s1. The molecule has 1 saturated heterocycles. The zero-order chi connectivity index (χ0) is 25.0. The molecule has 0 saturated carbocycles. The Kier molecular flexibility index (Phi) is 6.87. The summed E-state index contributed by atoms with van der Waals surface area (Å²) in [5.74, 6) is -0.0570. The lowest BCUT2D eigenvalue weighted by molar-refractivity contribution is -0.144. The van der Waals surface area contributed by atoms with Crippen LogP contribution < -0.4 is 10.6 Å². The third kappa shape index (κ3) is 4.90. The Labute approximate surface area is 211 Å². The minimum absolute atomic E-state index is 0.0220. The van der Waals surface area contributed by atoms with Crippen LogP contribution in [0, 0.1) is 0 Å². The average Bonchev–Trinajstić information content (AvgIpc) is 3.32. The van der Waals surface area contributed by atoms with Gasteiger partial charge in [-0.15, -0.1) is 0 Å². The number of benzene rings is 3. The van der Waals surface area contributed by atoms with Crippen LogP contribution in [0.3, 0.4) is 0 Å². The molecule has 1 aromatic heterocycles. The van der Waals surface area contributed by atoms with Gasteiger partial charge in [0.25, 0.3) is 0 Å². The minimum Gasteiger partial charge on any atom is -0.361 e. The van der Waals surface area contributed by atoms with Crippen molar-refractivity contribution in [1.29, 1.82) is 0 Å². The van der Waals surface area contributed by atoms with E-state index in [0.717, 1.165) is 27.6 Å². The molecule has 0 radical (unpaired) electrons. The van der Waals surface area contributed by atoms with Crippen LogP contribution in [0.25, 0.3) is 10.9 Å². The summed E-state index contributed by atoms with van der Waals surface area (Å²) in [6.45, 7) is 3.69. The van der Waals surface area contributed by atoms with E-state index in [1.807, 2.05) is 96.9 Å². The van der Waals surface area contributed by atoms with Crippen LogP contribution in [0.5, 0.6) is 0 Å². The molecule has 0 aliphatic carbocycles. The number of hydrogen-bond donors (Lipinski definition) is 3. The van der Waals surface area contributed by atoms with Gasteiger partial charge in [-0.25, -0.2) is 0 Å². The second-order valence-electron chi connectivity index (χ2n) is 9.64. The summed E-state index contributed by atoms with van der Waals surface area (Å²) >= 11 is 0. The Hall–Kier alpha value is -3.90. The van der Waals surface area contributed by atoms with Gasteiger partial charge in [-0.05, 0) is 36.1 Å². The Morgan fingerprint density at radius 2 is 1.69 bits per heavy atom. The van der Waals surface area contributed by atoms with Gasteiger partial charge in [-0.2, -0.15) is 0 Å². The smallest absolute Gasteiger partial charge is 0.240 e. The predicted molar refractivity (Wildman–Crippen MR) is 142 cm³/mol. The third-order valence-corrected chi connectivity index (χ3v) is 7.22. The van der Waals surface area contributed by atoms with E-state index >= 15 is 0 Å². The number of hydrogen-bond acceptors (Lipinski definition) is 3. The summed E-state index contributed by atoms with van der Waals surface area (Å²) in [6, 6.07) is 27.6. The largest absolute Gasteiger partial charge is 0.361 e. The number of H-pyrrole nitrogens is 1. The highest BCUT2D eigenvalue weighted by Gasteiger charge is 2.42. The van der Waals surface area contributed by atoms with Gasteiger partial charge in [0.05, 0.1) is 18.0 Å². The molecular weight excluding hydrogens is 448 g/mol. The number of para-hydroxylation sites is 1. The highest BCUT2D eigenvalue weighted by Crippen LogP contribution is 2.34.